The van der Waals surface area contributed by atoms with E-state index in [1.165, 1.54) is 71.6 Å². The highest BCUT2D eigenvalue weighted by Gasteiger charge is 2.47. The molecule has 48 heavy (non-hydrogen) atoms. The van der Waals surface area contributed by atoms with Gasteiger partial charge in [-0.25, -0.2) is 0 Å². The van der Waals surface area contributed by atoms with Crippen LogP contribution in [0.2, 0.25) is 0 Å². The van der Waals surface area contributed by atoms with Gasteiger partial charge in [0.1, 0.15) is 7.14 Å². The van der Waals surface area contributed by atoms with Crippen LogP contribution in [0.1, 0.15) is 41.5 Å². The molecule has 236 valence electrons. The fraction of sp³-hybridized carbons (Fsp3) is 0.174. The maximum absolute atomic E-state index is 14.7. The fourth-order valence-electron chi connectivity index (χ4n) is 8.49. The van der Waals surface area contributed by atoms with E-state index < -0.39 is 7.14 Å². The maximum Gasteiger partial charge on any atom is 0.125 e. The normalized spacial score (nSPS) is 12.9. The van der Waals surface area contributed by atoms with E-state index in [0.29, 0.717) is 0 Å². The monoisotopic (exact) mass is 640 g/mol. The molecule has 0 heterocycles. The van der Waals surface area contributed by atoms with Crippen molar-refractivity contribution >= 4 is 34.0 Å². The molecule has 0 radical (unpaired) electrons. The van der Waals surface area contributed by atoms with Crippen LogP contribution in [0.15, 0.2) is 140 Å². The molecule has 8 rings (SSSR count). The van der Waals surface area contributed by atoms with Crippen molar-refractivity contribution in [1.29, 1.82) is 0 Å². The van der Waals surface area contributed by atoms with Crippen LogP contribution in [0.5, 0.6) is 0 Å². The summed E-state index contributed by atoms with van der Waals surface area (Å²) in [5, 5.41) is 5.36. The largest absolute Gasteiger partial charge is 0.318 e. The van der Waals surface area contributed by atoms with E-state index in [-0.39, 0.29) is 10.3 Å². The molecule has 1 aliphatic carbocycles. The molecule has 0 saturated heterocycles. The summed E-state index contributed by atoms with van der Waals surface area (Å²) in [6, 6.07) is 50.7. The van der Waals surface area contributed by atoms with E-state index in [2.05, 4.69) is 181 Å². The van der Waals surface area contributed by atoms with Crippen LogP contribution >= 0.6 is 7.14 Å². The lowest BCUT2D eigenvalue weighted by molar-refractivity contribution is 0.527. The lowest BCUT2D eigenvalue weighted by atomic mass is 9.82. The summed E-state index contributed by atoms with van der Waals surface area (Å²) in [6.07, 6.45) is 0. The van der Waals surface area contributed by atoms with Gasteiger partial charge in [-0.2, -0.15) is 0 Å². The molecule has 0 spiro atoms. The number of benzene rings is 7. The van der Waals surface area contributed by atoms with Gasteiger partial charge in [-0.15, -0.1) is 0 Å². The molecule has 0 aliphatic heterocycles. The molecule has 0 N–H and O–H groups in total. The van der Waals surface area contributed by atoms with Crippen molar-refractivity contribution in [2.45, 2.75) is 51.9 Å². The van der Waals surface area contributed by atoms with Gasteiger partial charge in [-0.1, -0.05) is 181 Å². The average molecular weight is 641 g/mol. The number of hydrogen-bond acceptors (Lipinski definition) is 1. The third kappa shape index (κ3) is 4.41. The molecule has 0 atom stereocenters. The minimum Gasteiger partial charge on any atom is -0.318 e. The van der Waals surface area contributed by atoms with Gasteiger partial charge in [0.05, 0.1) is 0 Å². The van der Waals surface area contributed by atoms with Crippen molar-refractivity contribution in [3.05, 3.63) is 140 Å². The Balaban J connectivity index is 1.41. The zero-order valence-electron chi connectivity index (χ0n) is 28.6. The quantitative estimate of drug-likeness (QED) is 0.175. The predicted octanol–water partition coefficient (Wildman–Crippen LogP) is 13.2. The van der Waals surface area contributed by atoms with Crippen LogP contribution in [0, 0.1) is 0 Å². The van der Waals surface area contributed by atoms with Crippen molar-refractivity contribution in [2.24, 2.45) is 0 Å². The molecule has 0 amide bonds. The Kier molecular flexibility index (Phi) is 6.96. The Labute approximate surface area is 284 Å². The zero-order chi connectivity index (χ0) is 33.4. The summed E-state index contributed by atoms with van der Waals surface area (Å²) in [7, 11) is -2.74. The molecule has 0 aromatic heterocycles. The minimum atomic E-state index is -2.74. The van der Waals surface area contributed by atoms with Gasteiger partial charge in [0.25, 0.3) is 0 Å². The Morgan fingerprint density at radius 1 is 0.375 bits per heavy atom. The lowest BCUT2D eigenvalue weighted by Crippen LogP contribution is -2.34. The first kappa shape index (κ1) is 30.6. The molecular formula is C46H41OP. The van der Waals surface area contributed by atoms with Gasteiger partial charge >= 0.3 is 0 Å². The standard InChI is InChI=1S/C46H41OP/c1-45(2,3)48(47,46(4,5)6)33-26-24-30(25-27-33)34-28-29-39-42-35(34)22-15-23-38(42)43-40(31-16-9-7-10-17-31)36-20-13-14-21-37(36)41(44(39)43)32-18-11-8-12-19-32/h7-29H,1-6H3. The maximum atomic E-state index is 14.7. The van der Waals surface area contributed by atoms with Crippen LogP contribution in [-0.4, -0.2) is 10.3 Å². The Morgan fingerprint density at radius 3 is 1.31 bits per heavy atom. The summed E-state index contributed by atoms with van der Waals surface area (Å²) < 4.78 is 14.7. The molecule has 7 aromatic rings. The zero-order valence-corrected chi connectivity index (χ0v) is 29.5. The van der Waals surface area contributed by atoms with Gasteiger partial charge in [-0.3, -0.25) is 0 Å². The molecular weight excluding hydrogens is 599 g/mol. The van der Waals surface area contributed by atoms with Gasteiger partial charge in [0.2, 0.25) is 0 Å². The van der Waals surface area contributed by atoms with E-state index in [1.807, 2.05) is 0 Å². The molecule has 0 saturated carbocycles. The molecule has 0 unspecified atom stereocenters. The number of fused-ring (bicyclic) bond motifs is 4. The van der Waals surface area contributed by atoms with Crippen molar-refractivity contribution < 1.29 is 4.57 Å². The summed E-state index contributed by atoms with van der Waals surface area (Å²) in [5.41, 5.74) is 12.6. The highest BCUT2D eigenvalue weighted by molar-refractivity contribution is 7.74. The molecule has 0 bridgehead atoms. The molecule has 7 aromatic carbocycles. The Morgan fingerprint density at radius 2 is 0.812 bits per heavy atom. The highest BCUT2D eigenvalue weighted by Crippen LogP contribution is 2.66. The number of rotatable bonds is 4. The molecule has 1 aliphatic rings. The topological polar surface area (TPSA) is 17.1 Å². The fourth-order valence-corrected chi connectivity index (χ4v) is 12.6. The average Bonchev–Trinajstić information content (AvgIpc) is 3.42. The Bertz CT molecular complexity index is 2300. The molecule has 2 heteroatoms. The molecule has 1 nitrogen and oxygen atoms in total. The van der Waals surface area contributed by atoms with Crippen LogP contribution in [0.25, 0.3) is 77.2 Å². The van der Waals surface area contributed by atoms with Crippen molar-refractivity contribution in [3.8, 4) is 55.6 Å². The third-order valence-corrected chi connectivity index (χ3v) is 15.2. The SMILES string of the molecule is CC(C)(C)P(=O)(c1ccc(-c2ccc3c4c(cccc24)-c2c-3c(-c3ccccc3)c3ccccc3c2-c2ccccc2)cc1)C(C)(C)C. The van der Waals surface area contributed by atoms with E-state index in [9.17, 15) is 4.57 Å². The van der Waals surface area contributed by atoms with E-state index in [0.717, 1.165) is 10.9 Å². The first-order chi connectivity index (χ1) is 23.0. The van der Waals surface area contributed by atoms with E-state index in [1.54, 1.807) is 0 Å². The first-order valence-electron chi connectivity index (χ1n) is 17.0. The van der Waals surface area contributed by atoms with Gasteiger partial charge in [0.15, 0.2) is 0 Å². The smallest absolute Gasteiger partial charge is 0.125 e. The third-order valence-electron chi connectivity index (χ3n) is 10.4. The van der Waals surface area contributed by atoms with Gasteiger partial charge in [-0.05, 0) is 77.2 Å². The molecule has 0 fully saturated rings. The van der Waals surface area contributed by atoms with Crippen LogP contribution < -0.4 is 5.30 Å². The number of hydrogen-bond donors (Lipinski definition) is 0. The van der Waals surface area contributed by atoms with Crippen LogP contribution in [0.3, 0.4) is 0 Å². The van der Waals surface area contributed by atoms with Gasteiger partial charge in [0, 0.05) is 15.6 Å². The summed E-state index contributed by atoms with van der Waals surface area (Å²) >= 11 is 0. The summed E-state index contributed by atoms with van der Waals surface area (Å²) in [4.78, 5) is 0. The van der Waals surface area contributed by atoms with E-state index >= 15 is 0 Å². The van der Waals surface area contributed by atoms with Gasteiger partial charge < -0.3 is 4.57 Å². The predicted molar refractivity (Wildman–Crippen MR) is 209 cm³/mol. The highest BCUT2D eigenvalue weighted by atomic mass is 31.2. The summed E-state index contributed by atoms with van der Waals surface area (Å²) in [6.45, 7) is 12.7. The van der Waals surface area contributed by atoms with E-state index in [4.69, 9.17) is 0 Å². The Hall–Kier alpha value is -4.71. The second-order valence-corrected chi connectivity index (χ2v) is 19.6. The van der Waals surface area contributed by atoms with Crippen molar-refractivity contribution in [2.75, 3.05) is 0 Å². The van der Waals surface area contributed by atoms with Crippen molar-refractivity contribution in [1.82, 2.24) is 0 Å². The first-order valence-corrected chi connectivity index (χ1v) is 18.7. The van der Waals surface area contributed by atoms with Crippen molar-refractivity contribution in [3.63, 3.8) is 0 Å². The lowest BCUT2D eigenvalue weighted by Gasteiger charge is -2.41. The summed E-state index contributed by atoms with van der Waals surface area (Å²) in [5.74, 6) is 0. The second kappa shape index (κ2) is 10.9. The minimum absolute atomic E-state index is 0.336. The van der Waals surface area contributed by atoms with Crippen LogP contribution in [0.4, 0.5) is 0 Å². The van der Waals surface area contributed by atoms with Crippen LogP contribution in [-0.2, 0) is 4.57 Å². The second-order valence-electron chi connectivity index (χ2n) is 15.2.